The highest BCUT2D eigenvalue weighted by molar-refractivity contribution is 7.89. The van der Waals surface area contributed by atoms with Crippen molar-refractivity contribution in [2.24, 2.45) is 0 Å². The van der Waals surface area contributed by atoms with Crippen molar-refractivity contribution >= 4 is 38.6 Å². The Morgan fingerprint density at radius 3 is 2.54 bits per heavy atom. The third kappa shape index (κ3) is 2.64. The Hall–Kier alpha value is -2.10. The summed E-state index contributed by atoms with van der Waals surface area (Å²) in [7, 11) is -3.57. The lowest BCUT2D eigenvalue weighted by molar-refractivity contribution is 0.384. The van der Waals surface area contributed by atoms with Gasteiger partial charge in [0, 0.05) is 32.4 Å². The number of fused-ring (bicyclic) bond motifs is 1. The maximum absolute atomic E-state index is 13.0. The fraction of sp³-hybridized carbons (Fsp3) is 0.267. The number of piperazine rings is 1. The summed E-state index contributed by atoms with van der Waals surface area (Å²) in [5.74, 6) is 0.875. The van der Waals surface area contributed by atoms with E-state index in [2.05, 4.69) is 18.6 Å². The second-order valence-corrected chi connectivity index (χ2v) is 7.90. The Balaban J connectivity index is 1.58. The van der Waals surface area contributed by atoms with Gasteiger partial charge in [-0.15, -0.1) is 0 Å². The number of sulfonamides is 1. The molecule has 0 aliphatic carbocycles. The standard InChI is InChI=1S/C15H15N5O2S2/c21-24(22,13-5-3-4-12-15(13)18-23-17-12)20-10-8-19(9-11-20)14-6-1-2-7-16-14/h1-7H,8-11H2. The van der Waals surface area contributed by atoms with Crippen molar-refractivity contribution in [2.45, 2.75) is 4.90 Å². The van der Waals surface area contributed by atoms with E-state index >= 15 is 0 Å². The summed E-state index contributed by atoms with van der Waals surface area (Å²) < 4.78 is 35.7. The zero-order valence-electron chi connectivity index (χ0n) is 12.7. The lowest BCUT2D eigenvalue weighted by Crippen LogP contribution is -2.48. The van der Waals surface area contributed by atoms with Gasteiger partial charge in [-0.3, -0.25) is 0 Å². The maximum Gasteiger partial charge on any atom is 0.245 e. The number of hydrogen-bond acceptors (Lipinski definition) is 7. The molecule has 0 atom stereocenters. The Labute approximate surface area is 143 Å². The number of benzene rings is 1. The van der Waals surface area contributed by atoms with Gasteiger partial charge < -0.3 is 4.90 Å². The third-order valence-electron chi connectivity index (χ3n) is 4.08. The average Bonchev–Trinajstić information content (AvgIpc) is 3.11. The third-order valence-corrected chi connectivity index (χ3v) is 6.55. The molecule has 1 aromatic carbocycles. The van der Waals surface area contributed by atoms with Gasteiger partial charge in [-0.2, -0.15) is 13.1 Å². The van der Waals surface area contributed by atoms with Crippen LogP contribution in [0, 0.1) is 0 Å². The van der Waals surface area contributed by atoms with E-state index in [1.165, 1.54) is 4.31 Å². The largest absolute Gasteiger partial charge is 0.354 e. The van der Waals surface area contributed by atoms with Crippen LogP contribution in [0.2, 0.25) is 0 Å². The predicted molar refractivity (Wildman–Crippen MR) is 92.6 cm³/mol. The number of nitrogens with zero attached hydrogens (tertiary/aromatic N) is 5. The first-order valence-electron chi connectivity index (χ1n) is 7.54. The summed E-state index contributed by atoms with van der Waals surface area (Å²) in [5.41, 5.74) is 1.07. The molecule has 9 heteroatoms. The predicted octanol–water partition coefficient (Wildman–Crippen LogP) is 1.60. The van der Waals surface area contributed by atoms with Crippen molar-refractivity contribution in [3.63, 3.8) is 0 Å². The van der Waals surface area contributed by atoms with Crippen molar-refractivity contribution in [2.75, 3.05) is 31.1 Å². The van der Waals surface area contributed by atoms with E-state index in [9.17, 15) is 8.42 Å². The molecular weight excluding hydrogens is 346 g/mol. The molecule has 1 aliphatic rings. The van der Waals surface area contributed by atoms with Crippen LogP contribution in [0.4, 0.5) is 5.82 Å². The fourth-order valence-corrected chi connectivity index (χ4v) is 5.00. The van der Waals surface area contributed by atoms with Crippen LogP contribution < -0.4 is 4.90 Å². The minimum absolute atomic E-state index is 0.236. The van der Waals surface area contributed by atoms with Crippen LogP contribution >= 0.6 is 11.7 Å². The summed E-state index contributed by atoms with van der Waals surface area (Å²) in [4.78, 5) is 6.65. The zero-order chi connectivity index (χ0) is 16.6. The molecule has 0 N–H and O–H groups in total. The Bertz CT molecular complexity index is 950. The second kappa shape index (κ2) is 6.08. The molecule has 1 saturated heterocycles. The summed E-state index contributed by atoms with van der Waals surface area (Å²) in [6, 6.07) is 10.8. The molecule has 3 aromatic rings. The van der Waals surface area contributed by atoms with Gasteiger partial charge in [0.2, 0.25) is 10.0 Å². The van der Waals surface area contributed by atoms with Crippen LogP contribution in [0.15, 0.2) is 47.5 Å². The van der Waals surface area contributed by atoms with Gasteiger partial charge in [0.25, 0.3) is 0 Å². The van der Waals surface area contributed by atoms with E-state index in [4.69, 9.17) is 0 Å². The Morgan fingerprint density at radius 1 is 0.958 bits per heavy atom. The van der Waals surface area contributed by atoms with Gasteiger partial charge in [0.15, 0.2) is 0 Å². The first-order chi connectivity index (χ1) is 11.7. The highest BCUT2D eigenvalue weighted by Gasteiger charge is 2.30. The highest BCUT2D eigenvalue weighted by Crippen LogP contribution is 2.25. The van der Waals surface area contributed by atoms with Crippen LogP contribution in [-0.4, -0.2) is 52.6 Å². The fourth-order valence-electron chi connectivity index (χ4n) is 2.83. The van der Waals surface area contributed by atoms with E-state index in [1.807, 2.05) is 18.2 Å². The molecule has 0 bridgehead atoms. The van der Waals surface area contributed by atoms with Crippen molar-refractivity contribution in [3.8, 4) is 0 Å². The monoisotopic (exact) mass is 361 g/mol. The van der Waals surface area contributed by atoms with E-state index in [1.54, 1.807) is 24.4 Å². The van der Waals surface area contributed by atoms with Crippen molar-refractivity contribution in [1.29, 1.82) is 0 Å². The van der Waals surface area contributed by atoms with Crippen molar-refractivity contribution in [3.05, 3.63) is 42.6 Å². The Morgan fingerprint density at radius 2 is 1.79 bits per heavy atom. The molecule has 0 saturated carbocycles. The second-order valence-electron chi connectivity index (χ2n) is 5.47. The molecule has 24 heavy (non-hydrogen) atoms. The topological polar surface area (TPSA) is 79.3 Å². The normalized spacial score (nSPS) is 16.6. The minimum Gasteiger partial charge on any atom is -0.354 e. The van der Waals surface area contributed by atoms with Gasteiger partial charge >= 0.3 is 0 Å². The SMILES string of the molecule is O=S(=O)(c1cccc2nsnc12)N1CCN(c2ccccn2)CC1. The molecule has 4 rings (SSSR count). The number of anilines is 1. The first kappa shape index (κ1) is 15.4. The molecule has 124 valence electrons. The van der Waals surface area contributed by atoms with Crippen LogP contribution in [0.5, 0.6) is 0 Å². The highest BCUT2D eigenvalue weighted by atomic mass is 32.2. The number of rotatable bonds is 3. The van der Waals surface area contributed by atoms with Gasteiger partial charge in [0.05, 0.1) is 11.7 Å². The van der Waals surface area contributed by atoms with Crippen LogP contribution in [0.1, 0.15) is 0 Å². The average molecular weight is 361 g/mol. The number of pyridine rings is 1. The van der Waals surface area contributed by atoms with E-state index in [0.29, 0.717) is 37.2 Å². The molecule has 0 unspecified atom stereocenters. The van der Waals surface area contributed by atoms with Gasteiger partial charge in [0.1, 0.15) is 21.7 Å². The van der Waals surface area contributed by atoms with E-state index in [-0.39, 0.29) is 4.90 Å². The molecular formula is C15H15N5O2S2. The summed E-state index contributed by atoms with van der Waals surface area (Å²) >= 11 is 1.03. The first-order valence-corrected chi connectivity index (χ1v) is 9.71. The van der Waals surface area contributed by atoms with E-state index in [0.717, 1.165) is 17.5 Å². The van der Waals surface area contributed by atoms with Gasteiger partial charge in [-0.1, -0.05) is 12.1 Å². The molecule has 0 spiro atoms. The van der Waals surface area contributed by atoms with Crippen LogP contribution in [0.25, 0.3) is 11.0 Å². The maximum atomic E-state index is 13.0. The molecule has 0 amide bonds. The summed E-state index contributed by atoms with van der Waals surface area (Å²) in [6.45, 7) is 2.07. The smallest absolute Gasteiger partial charge is 0.245 e. The number of aromatic nitrogens is 3. The quantitative estimate of drug-likeness (QED) is 0.705. The van der Waals surface area contributed by atoms with E-state index < -0.39 is 10.0 Å². The van der Waals surface area contributed by atoms with Crippen LogP contribution in [-0.2, 0) is 10.0 Å². The van der Waals surface area contributed by atoms with Crippen molar-refractivity contribution in [1.82, 2.24) is 18.0 Å². The summed E-state index contributed by atoms with van der Waals surface area (Å²) in [6.07, 6.45) is 1.74. The Kier molecular flexibility index (Phi) is 3.91. The minimum atomic E-state index is -3.57. The van der Waals surface area contributed by atoms with Gasteiger partial charge in [-0.25, -0.2) is 13.4 Å². The van der Waals surface area contributed by atoms with Gasteiger partial charge in [-0.05, 0) is 24.3 Å². The molecule has 0 radical (unpaired) electrons. The van der Waals surface area contributed by atoms with Crippen LogP contribution in [0.3, 0.4) is 0 Å². The molecule has 1 aliphatic heterocycles. The zero-order valence-corrected chi connectivity index (χ0v) is 14.4. The van der Waals surface area contributed by atoms with Crippen molar-refractivity contribution < 1.29 is 8.42 Å². The lowest BCUT2D eigenvalue weighted by Gasteiger charge is -2.34. The summed E-state index contributed by atoms with van der Waals surface area (Å²) in [5, 5.41) is 0. The molecule has 2 aromatic heterocycles. The molecule has 7 nitrogen and oxygen atoms in total. The molecule has 3 heterocycles. The lowest BCUT2D eigenvalue weighted by atomic mass is 10.3. The number of hydrogen-bond donors (Lipinski definition) is 0. The molecule has 1 fully saturated rings.